The molecule has 1 atom stereocenters. The molecule has 1 unspecified atom stereocenters. The van der Waals surface area contributed by atoms with Gasteiger partial charge < -0.3 is 5.32 Å². The van der Waals surface area contributed by atoms with Gasteiger partial charge in [0.05, 0.1) is 0 Å². The summed E-state index contributed by atoms with van der Waals surface area (Å²) >= 11 is 5.44. The van der Waals surface area contributed by atoms with Crippen LogP contribution >= 0.6 is 27.7 Å². The van der Waals surface area contributed by atoms with Gasteiger partial charge in [0.1, 0.15) is 0 Å². The molecule has 3 heteroatoms. The summed E-state index contributed by atoms with van der Waals surface area (Å²) in [6, 6.07) is 9.29. The van der Waals surface area contributed by atoms with Crippen LogP contribution < -0.4 is 5.32 Å². The van der Waals surface area contributed by atoms with E-state index in [1.807, 2.05) is 11.8 Å². The SMILES string of the molecule is CNC(CSc1ccc(Br)cc1)C1CCCC1. The summed E-state index contributed by atoms with van der Waals surface area (Å²) in [6.45, 7) is 0. The van der Waals surface area contributed by atoms with Crippen molar-refractivity contribution in [2.24, 2.45) is 5.92 Å². The Morgan fingerprint density at radius 3 is 2.53 bits per heavy atom. The monoisotopic (exact) mass is 313 g/mol. The molecule has 0 bridgehead atoms. The Hall–Kier alpha value is 0.01000. The molecule has 2 rings (SSSR count). The van der Waals surface area contributed by atoms with Crippen molar-refractivity contribution in [3.63, 3.8) is 0 Å². The van der Waals surface area contributed by atoms with Gasteiger partial charge in [0, 0.05) is 21.2 Å². The lowest BCUT2D eigenvalue weighted by atomic mass is 10.0. The third kappa shape index (κ3) is 4.01. The zero-order valence-electron chi connectivity index (χ0n) is 10.3. The number of nitrogens with one attached hydrogen (secondary N) is 1. The highest BCUT2D eigenvalue weighted by atomic mass is 79.9. The van der Waals surface area contributed by atoms with Gasteiger partial charge in [0.15, 0.2) is 0 Å². The molecule has 1 aromatic carbocycles. The number of benzene rings is 1. The molecular weight excluding hydrogens is 294 g/mol. The molecule has 1 aliphatic carbocycles. The lowest BCUT2D eigenvalue weighted by Gasteiger charge is -2.22. The lowest BCUT2D eigenvalue weighted by Crippen LogP contribution is -2.34. The minimum atomic E-state index is 0.672. The Bertz CT molecular complexity index is 333. The second-order valence-electron chi connectivity index (χ2n) is 4.70. The number of hydrogen-bond donors (Lipinski definition) is 1. The van der Waals surface area contributed by atoms with Crippen LogP contribution in [0.25, 0.3) is 0 Å². The van der Waals surface area contributed by atoms with Crippen molar-refractivity contribution >= 4 is 27.7 Å². The maximum atomic E-state index is 3.50. The van der Waals surface area contributed by atoms with E-state index in [-0.39, 0.29) is 0 Å². The molecule has 0 heterocycles. The van der Waals surface area contributed by atoms with Crippen molar-refractivity contribution in [3.8, 4) is 0 Å². The van der Waals surface area contributed by atoms with Crippen molar-refractivity contribution in [1.82, 2.24) is 5.32 Å². The van der Waals surface area contributed by atoms with Crippen LogP contribution in [0.15, 0.2) is 33.6 Å². The molecule has 0 radical (unpaired) electrons. The minimum Gasteiger partial charge on any atom is -0.316 e. The predicted molar refractivity (Wildman–Crippen MR) is 79.7 cm³/mol. The smallest absolute Gasteiger partial charge is 0.0186 e. The molecular formula is C14H20BrNS. The lowest BCUT2D eigenvalue weighted by molar-refractivity contribution is 0.410. The quantitative estimate of drug-likeness (QED) is 0.812. The van der Waals surface area contributed by atoms with Gasteiger partial charge in [-0.1, -0.05) is 28.8 Å². The molecule has 1 aromatic rings. The first-order valence-electron chi connectivity index (χ1n) is 6.35. The van der Waals surface area contributed by atoms with E-state index in [1.54, 1.807) is 0 Å². The first-order valence-corrected chi connectivity index (χ1v) is 8.13. The molecule has 0 spiro atoms. The van der Waals surface area contributed by atoms with Crippen LogP contribution in [0.2, 0.25) is 0 Å². The van der Waals surface area contributed by atoms with E-state index in [0.717, 1.165) is 10.4 Å². The standard InChI is InChI=1S/C14H20BrNS/c1-16-14(11-4-2-3-5-11)10-17-13-8-6-12(15)7-9-13/h6-9,11,14,16H,2-5,10H2,1H3. The maximum Gasteiger partial charge on any atom is 0.0186 e. The summed E-state index contributed by atoms with van der Waals surface area (Å²) in [5, 5.41) is 3.50. The zero-order valence-corrected chi connectivity index (χ0v) is 12.7. The summed E-state index contributed by atoms with van der Waals surface area (Å²) in [5.41, 5.74) is 0. The van der Waals surface area contributed by atoms with E-state index in [4.69, 9.17) is 0 Å². The molecule has 94 valence electrons. The van der Waals surface area contributed by atoms with Gasteiger partial charge in [0.2, 0.25) is 0 Å². The summed E-state index contributed by atoms with van der Waals surface area (Å²) in [7, 11) is 2.10. The van der Waals surface area contributed by atoms with E-state index in [1.165, 1.54) is 36.3 Å². The fourth-order valence-corrected chi connectivity index (χ4v) is 3.94. The van der Waals surface area contributed by atoms with Crippen LogP contribution in [0, 0.1) is 5.92 Å². The Labute approximate surface area is 117 Å². The van der Waals surface area contributed by atoms with Crippen molar-refractivity contribution in [3.05, 3.63) is 28.7 Å². The van der Waals surface area contributed by atoms with E-state index < -0.39 is 0 Å². The zero-order chi connectivity index (χ0) is 12.1. The van der Waals surface area contributed by atoms with Gasteiger partial charge in [-0.05, 0) is 50.1 Å². The topological polar surface area (TPSA) is 12.0 Å². The molecule has 0 saturated heterocycles. The molecule has 1 nitrogen and oxygen atoms in total. The maximum absolute atomic E-state index is 3.50. The second kappa shape index (κ2) is 6.81. The predicted octanol–water partition coefficient (Wildman–Crippen LogP) is 4.32. The molecule has 17 heavy (non-hydrogen) atoms. The van der Waals surface area contributed by atoms with E-state index >= 15 is 0 Å². The van der Waals surface area contributed by atoms with Gasteiger partial charge in [-0.2, -0.15) is 0 Å². The van der Waals surface area contributed by atoms with Gasteiger partial charge in [0.25, 0.3) is 0 Å². The second-order valence-corrected chi connectivity index (χ2v) is 6.71. The van der Waals surface area contributed by atoms with Crippen LogP contribution in [-0.2, 0) is 0 Å². The van der Waals surface area contributed by atoms with E-state index in [9.17, 15) is 0 Å². The number of rotatable bonds is 5. The van der Waals surface area contributed by atoms with Crippen LogP contribution in [-0.4, -0.2) is 18.8 Å². The van der Waals surface area contributed by atoms with Crippen molar-refractivity contribution in [1.29, 1.82) is 0 Å². The summed E-state index contributed by atoms with van der Waals surface area (Å²) < 4.78 is 1.16. The Balaban J connectivity index is 1.84. The average molecular weight is 314 g/mol. The van der Waals surface area contributed by atoms with Gasteiger partial charge in [-0.15, -0.1) is 11.8 Å². The van der Waals surface area contributed by atoms with Crippen LogP contribution in [0.5, 0.6) is 0 Å². The van der Waals surface area contributed by atoms with Gasteiger partial charge >= 0.3 is 0 Å². The van der Waals surface area contributed by atoms with Crippen molar-refractivity contribution < 1.29 is 0 Å². The molecule has 0 aromatic heterocycles. The van der Waals surface area contributed by atoms with E-state index in [2.05, 4.69) is 52.6 Å². The van der Waals surface area contributed by atoms with E-state index in [0.29, 0.717) is 6.04 Å². The third-order valence-corrected chi connectivity index (χ3v) is 5.24. The Morgan fingerprint density at radius 1 is 1.29 bits per heavy atom. The number of hydrogen-bond acceptors (Lipinski definition) is 2. The fraction of sp³-hybridized carbons (Fsp3) is 0.571. The van der Waals surface area contributed by atoms with Crippen molar-refractivity contribution in [2.75, 3.05) is 12.8 Å². The summed E-state index contributed by atoms with van der Waals surface area (Å²) in [5.74, 6) is 2.07. The Morgan fingerprint density at radius 2 is 1.94 bits per heavy atom. The molecule has 1 saturated carbocycles. The van der Waals surface area contributed by atoms with Crippen LogP contribution in [0.1, 0.15) is 25.7 Å². The molecule has 1 N–H and O–H groups in total. The highest BCUT2D eigenvalue weighted by Crippen LogP contribution is 2.30. The van der Waals surface area contributed by atoms with Crippen LogP contribution in [0.4, 0.5) is 0 Å². The van der Waals surface area contributed by atoms with Gasteiger partial charge in [-0.3, -0.25) is 0 Å². The molecule has 0 aliphatic heterocycles. The highest BCUT2D eigenvalue weighted by molar-refractivity contribution is 9.10. The largest absolute Gasteiger partial charge is 0.316 e. The molecule has 1 fully saturated rings. The first kappa shape index (κ1) is 13.4. The fourth-order valence-electron chi connectivity index (χ4n) is 2.53. The van der Waals surface area contributed by atoms with Gasteiger partial charge in [-0.25, -0.2) is 0 Å². The Kier molecular flexibility index (Phi) is 5.39. The van der Waals surface area contributed by atoms with Crippen molar-refractivity contribution in [2.45, 2.75) is 36.6 Å². The summed E-state index contributed by atoms with van der Waals surface area (Å²) in [4.78, 5) is 1.37. The third-order valence-electron chi connectivity index (χ3n) is 3.58. The molecule has 1 aliphatic rings. The number of halogens is 1. The molecule has 0 amide bonds. The normalized spacial score (nSPS) is 18.5. The number of thioether (sulfide) groups is 1. The minimum absolute atomic E-state index is 0.672. The summed E-state index contributed by atoms with van der Waals surface area (Å²) in [6.07, 6.45) is 5.66. The average Bonchev–Trinajstić information content (AvgIpc) is 2.86. The highest BCUT2D eigenvalue weighted by Gasteiger charge is 2.23. The van der Waals surface area contributed by atoms with Crippen LogP contribution in [0.3, 0.4) is 0 Å². The first-order chi connectivity index (χ1) is 8.29.